The Balaban J connectivity index is 3.17. The molecule has 1 aromatic rings. The molecule has 0 N–H and O–H groups in total. The minimum Gasteiger partial charge on any atom is -0.265 e. The van der Waals surface area contributed by atoms with Crippen LogP contribution in [0, 0.1) is 17.0 Å². The van der Waals surface area contributed by atoms with Gasteiger partial charge in [-0.25, -0.2) is 0 Å². The normalized spacial score (nSPS) is 9.80. The monoisotopic (exact) mass is 140 g/mol. The molecule has 1 heterocycles. The summed E-state index contributed by atoms with van der Waals surface area (Å²) in [7, 11) is 1.61. The van der Waals surface area contributed by atoms with Gasteiger partial charge in [0.25, 0.3) is 0 Å². The van der Waals surface area contributed by atoms with E-state index in [9.17, 15) is 10.1 Å². The van der Waals surface area contributed by atoms with Gasteiger partial charge in [-0.05, 0) is 0 Å². The van der Waals surface area contributed by atoms with Gasteiger partial charge in [0, 0.05) is 14.0 Å². The van der Waals surface area contributed by atoms with Crippen molar-refractivity contribution in [3.05, 3.63) is 28.9 Å². The summed E-state index contributed by atoms with van der Waals surface area (Å²) in [6.07, 6.45) is 1.18. The van der Waals surface area contributed by atoms with E-state index in [0.29, 0.717) is 5.69 Å². The van der Waals surface area contributed by atoms with Crippen LogP contribution in [0.2, 0.25) is 0 Å². The summed E-state index contributed by atoms with van der Waals surface area (Å²) in [6, 6.07) is 0. The van der Waals surface area contributed by atoms with E-state index in [4.69, 9.17) is 0 Å². The molecule has 0 bridgehead atoms. The van der Waals surface area contributed by atoms with Crippen LogP contribution >= 0.6 is 0 Å². The van der Waals surface area contributed by atoms with E-state index in [1.165, 1.54) is 10.9 Å². The third-order valence-electron chi connectivity index (χ3n) is 1.24. The highest BCUT2D eigenvalue weighted by atomic mass is 16.6. The Morgan fingerprint density at radius 3 is 2.70 bits per heavy atom. The number of aromatic nitrogens is 2. The van der Waals surface area contributed by atoms with Crippen LogP contribution < -0.4 is 0 Å². The highest BCUT2D eigenvalue weighted by Crippen LogP contribution is 2.13. The molecule has 0 atom stereocenters. The molecule has 0 aromatic carbocycles. The lowest BCUT2D eigenvalue weighted by atomic mass is 10.4. The predicted molar refractivity (Wildman–Crippen MR) is 34.3 cm³/mol. The molecule has 10 heavy (non-hydrogen) atoms. The molecular weight excluding hydrogens is 134 g/mol. The molecule has 1 rings (SSSR count). The van der Waals surface area contributed by atoms with E-state index in [1.807, 2.05) is 0 Å². The Morgan fingerprint density at radius 2 is 2.50 bits per heavy atom. The lowest BCUT2D eigenvalue weighted by Gasteiger charge is -1.89. The highest BCUT2D eigenvalue weighted by Gasteiger charge is 2.13. The van der Waals surface area contributed by atoms with E-state index in [2.05, 4.69) is 12.0 Å². The van der Waals surface area contributed by atoms with E-state index >= 15 is 0 Å². The van der Waals surface area contributed by atoms with Crippen molar-refractivity contribution in [2.75, 3.05) is 0 Å². The molecule has 0 saturated carbocycles. The van der Waals surface area contributed by atoms with Crippen molar-refractivity contribution < 1.29 is 4.92 Å². The van der Waals surface area contributed by atoms with Crippen LogP contribution in [-0.4, -0.2) is 14.7 Å². The largest absolute Gasteiger partial charge is 0.310 e. The van der Waals surface area contributed by atoms with Crippen LogP contribution in [-0.2, 0) is 7.05 Å². The first-order chi connectivity index (χ1) is 4.63. The molecule has 1 aromatic heterocycles. The number of nitro groups is 1. The lowest BCUT2D eigenvalue weighted by molar-refractivity contribution is -0.385. The Labute approximate surface area is 57.4 Å². The fourth-order valence-corrected chi connectivity index (χ4v) is 0.604. The zero-order valence-electron chi connectivity index (χ0n) is 5.44. The maximum absolute atomic E-state index is 10.1. The van der Waals surface area contributed by atoms with Gasteiger partial charge in [0.2, 0.25) is 0 Å². The molecule has 1 radical (unpaired) electrons. The summed E-state index contributed by atoms with van der Waals surface area (Å²) in [6.45, 7) is 3.46. The first kappa shape index (κ1) is 6.73. The molecule has 0 aliphatic heterocycles. The third kappa shape index (κ3) is 0.854. The topological polar surface area (TPSA) is 61.0 Å². The maximum Gasteiger partial charge on any atom is 0.310 e. The quantitative estimate of drug-likeness (QED) is 0.421. The maximum atomic E-state index is 10.1. The SMILES string of the molecule is [CH2]c1c([N+](=O)[O-])cnn1C. The Hall–Kier alpha value is -1.39. The van der Waals surface area contributed by atoms with Gasteiger partial charge in [-0.3, -0.25) is 14.8 Å². The van der Waals surface area contributed by atoms with E-state index in [1.54, 1.807) is 7.05 Å². The van der Waals surface area contributed by atoms with Gasteiger partial charge in [-0.15, -0.1) is 0 Å². The molecule has 0 saturated heterocycles. The van der Waals surface area contributed by atoms with Crippen molar-refractivity contribution >= 4 is 5.69 Å². The third-order valence-corrected chi connectivity index (χ3v) is 1.24. The molecule has 53 valence electrons. The van der Waals surface area contributed by atoms with Gasteiger partial charge in [0.05, 0.1) is 4.92 Å². The molecule has 0 fully saturated rings. The zero-order chi connectivity index (χ0) is 7.72. The van der Waals surface area contributed by atoms with E-state index in [-0.39, 0.29) is 5.69 Å². The molecule has 0 amide bonds. The van der Waals surface area contributed by atoms with Gasteiger partial charge >= 0.3 is 5.69 Å². The van der Waals surface area contributed by atoms with Gasteiger partial charge in [0.15, 0.2) is 0 Å². The molecule has 0 spiro atoms. The molecular formula is C5H6N3O2. The van der Waals surface area contributed by atoms with E-state index in [0.717, 1.165) is 0 Å². The molecule has 0 aliphatic rings. The molecule has 5 nitrogen and oxygen atoms in total. The van der Waals surface area contributed by atoms with Gasteiger partial charge in [-0.2, -0.15) is 5.10 Å². The minimum atomic E-state index is -0.505. The molecule has 5 heteroatoms. The second-order valence-electron chi connectivity index (χ2n) is 1.86. The Morgan fingerprint density at radius 1 is 1.90 bits per heavy atom. The summed E-state index contributed by atoms with van der Waals surface area (Å²) in [5, 5.41) is 13.8. The fourth-order valence-electron chi connectivity index (χ4n) is 0.604. The standard InChI is InChI=1S/C5H6N3O2/c1-4-5(8(9)10)3-6-7(4)2/h3H,1H2,2H3. The van der Waals surface area contributed by atoms with Crippen molar-refractivity contribution in [3.8, 4) is 0 Å². The van der Waals surface area contributed by atoms with Crippen molar-refractivity contribution in [1.82, 2.24) is 9.78 Å². The summed E-state index contributed by atoms with van der Waals surface area (Å²) in [5.74, 6) is 0. The zero-order valence-corrected chi connectivity index (χ0v) is 5.44. The van der Waals surface area contributed by atoms with Crippen molar-refractivity contribution in [3.63, 3.8) is 0 Å². The lowest BCUT2D eigenvalue weighted by Crippen LogP contribution is -1.94. The summed E-state index contributed by atoms with van der Waals surface area (Å²) < 4.78 is 1.36. The number of aryl methyl sites for hydroxylation is 1. The number of nitrogens with zero attached hydrogens (tertiary/aromatic N) is 3. The Kier molecular flexibility index (Phi) is 1.41. The second kappa shape index (κ2) is 2.09. The number of rotatable bonds is 1. The first-order valence-electron chi connectivity index (χ1n) is 2.61. The van der Waals surface area contributed by atoms with Crippen LogP contribution in [0.25, 0.3) is 0 Å². The number of hydrogen-bond acceptors (Lipinski definition) is 3. The average Bonchev–Trinajstić information content (AvgIpc) is 2.14. The summed E-state index contributed by atoms with van der Waals surface area (Å²) in [4.78, 5) is 9.64. The predicted octanol–water partition coefficient (Wildman–Crippen LogP) is 0.510. The van der Waals surface area contributed by atoms with Crippen molar-refractivity contribution in [2.24, 2.45) is 7.05 Å². The van der Waals surface area contributed by atoms with Crippen molar-refractivity contribution in [1.29, 1.82) is 0 Å². The van der Waals surface area contributed by atoms with Crippen molar-refractivity contribution in [2.45, 2.75) is 0 Å². The van der Waals surface area contributed by atoms with Crippen LogP contribution in [0.4, 0.5) is 5.69 Å². The molecule has 0 unspecified atom stereocenters. The summed E-state index contributed by atoms with van der Waals surface area (Å²) >= 11 is 0. The minimum absolute atomic E-state index is 0.0394. The van der Waals surface area contributed by atoms with Crippen LogP contribution in [0.15, 0.2) is 6.20 Å². The molecule has 0 aliphatic carbocycles. The second-order valence-corrected chi connectivity index (χ2v) is 1.86. The highest BCUT2D eigenvalue weighted by molar-refractivity contribution is 5.34. The fraction of sp³-hybridized carbons (Fsp3) is 0.200. The van der Waals surface area contributed by atoms with Gasteiger partial charge < -0.3 is 0 Å². The Bertz CT molecular complexity index is 266. The van der Waals surface area contributed by atoms with Crippen LogP contribution in [0.1, 0.15) is 5.69 Å². The smallest absolute Gasteiger partial charge is 0.265 e. The van der Waals surface area contributed by atoms with Crippen LogP contribution in [0.5, 0.6) is 0 Å². The van der Waals surface area contributed by atoms with Gasteiger partial charge in [0.1, 0.15) is 11.9 Å². The summed E-state index contributed by atoms with van der Waals surface area (Å²) in [5.41, 5.74) is 0.285. The number of hydrogen-bond donors (Lipinski definition) is 0. The van der Waals surface area contributed by atoms with Crippen LogP contribution in [0.3, 0.4) is 0 Å². The van der Waals surface area contributed by atoms with Gasteiger partial charge in [-0.1, -0.05) is 0 Å². The average molecular weight is 140 g/mol. The van der Waals surface area contributed by atoms with E-state index < -0.39 is 4.92 Å². The first-order valence-corrected chi connectivity index (χ1v) is 2.61.